The van der Waals surface area contributed by atoms with E-state index < -0.39 is 0 Å². The van der Waals surface area contributed by atoms with Crippen molar-refractivity contribution in [1.29, 1.82) is 0 Å². The van der Waals surface area contributed by atoms with E-state index in [1.807, 2.05) is 4.90 Å². The fraction of sp³-hybridized carbons (Fsp3) is 0.348. The van der Waals surface area contributed by atoms with Crippen LogP contribution in [0.5, 0.6) is 0 Å². The predicted molar refractivity (Wildman–Crippen MR) is 118 cm³/mol. The van der Waals surface area contributed by atoms with Crippen LogP contribution in [0.15, 0.2) is 48.5 Å². The Kier molecular flexibility index (Phi) is 7.43. The standard InChI is InChI=1S/C23H28N4O3/c1-24-22(29)17-6-10-19(11-7-17)25-16-21(28)26-20-12-8-18(9-13-20)23(30)27-14-4-2-3-5-15-27/h6-13,25H,2-5,14-16H2,1H3,(H,24,29)(H,26,28). The summed E-state index contributed by atoms with van der Waals surface area (Å²) in [6, 6.07) is 13.9. The van der Waals surface area contributed by atoms with Gasteiger partial charge in [0, 0.05) is 42.6 Å². The molecule has 2 aromatic rings. The van der Waals surface area contributed by atoms with E-state index in [0.717, 1.165) is 31.6 Å². The van der Waals surface area contributed by atoms with E-state index in [2.05, 4.69) is 16.0 Å². The number of benzene rings is 2. The fourth-order valence-corrected chi connectivity index (χ4v) is 3.42. The summed E-state index contributed by atoms with van der Waals surface area (Å²) in [5.74, 6) is -0.300. The van der Waals surface area contributed by atoms with Crippen molar-refractivity contribution in [3.63, 3.8) is 0 Å². The molecule has 3 amide bonds. The maximum Gasteiger partial charge on any atom is 0.253 e. The first-order chi connectivity index (χ1) is 14.6. The van der Waals surface area contributed by atoms with E-state index in [1.165, 1.54) is 12.8 Å². The molecule has 1 fully saturated rings. The molecular formula is C23H28N4O3. The zero-order chi connectivity index (χ0) is 21.3. The highest BCUT2D eigenvalue weighted by Gasteiger charge is 2.17. The molecule has 3 rings (SSSR count). The maximum absolute atomic E-state index is 12.6. The second-order valence-electron chi connectivity index (χ2n) is 7.34. The van der Waals surface area contributed by atoms with Crippen LogP contribution in [-0.2, 0) is 4.79 Å². The zero-order valence-corrected chi connectivity index (χ0v) is 17.2. The van der Waals surface area contributed by atoms with Crippen LogP contribution in [0.1, 0.15) is 46.4 Å². The second-order valence-corrected chi connectivity index (χ2v) is 7.34. The average Bonchev–Trinajstić information content (AvgIpc) is 3.07. The smallest absolute Gasteiger partial charge is 0.253 e. The van der Waals surface area contributed by atoms with E-state index in [-0.39, 0.29) is 24.3 Å². The molecule has 0 aliphatic carbocycles. The summed E-state index contributed by atoms with van der Waals surface area (Å²) < 4.78 is 0. The van der Waals surface area contributed by atoms with Gasteiger partial charge in [0.05, 0.1) is 6.54 Å². The number of carbonyl (C=O) groups is 3. The van der Waals surface area contributed by atoms with Crippen LogP contribution in [0.4, 0.5) is 11.4 Å². The molecule has 7 heteroatoms. The molecule has 0 radical (unpaired) electrons. The van der Waals surface area contributed by atoms with Gasteiger partial charge in [-0.05, 0) is 61.4 Å². The summed E-state index contributed by atoms with van der Waals surface area (Å²) in [4.78, 5) is 38.3. The normalized spacial score (nSPS) is 13.8. The Bertz CT molecular complexity index is 870. The van der Waals surface area contributed by atoms with Crippen molar-refractivity contribution < 1.29 is 14.4 Å². The van der Waals surface area contributed by atoms with E-state index >= 15 is 0 Å². The minimum atomic E-state index is -0.197. The lowest BCUT2D eigenvalue weighted by Gasteiger charge is -2.20. The molecule has 0 saturated carbocycles. The van der Waals surface area contributed by atoms with Gasteiger partial charge in [0.25, 0.3) is 11.8 Å². The fourth-order valence-electron chi connectivity index (χ4n) is 3.42. The predicted octanol–water partition coefficient (Wildman–Crippen LogP) is 3.11. The number of rotatable bonds is 6. The van der Waals surface area contributed by atoms with Gasteiger partial charge in [0.15, 0.2) is 0 Å². The SMILES string of the molecule is CNC(=O)c1ccc(NCC(=O)Nc2ccc(C(=O)N3CCCCCC3)cc2)cc1. The lowest BCUT2D eigenvalue weighted by molar-refractivity contribution is -0.114. The molecule has 1 aliphatic rings. The average molecular weight is 409 g/mol. The van der Waals surface area contributed by atoms with Crippen LogP contribution >= 0.6 is 0 Å². The van der Waals surface area contributed by atoms with Crippen LogP contribution in [0, 0.1) is 0 Å². The number of carbonyl (C=O) groups excluding carboxylic acids is 3. The number of hydrogen-bond acceptors (Lipinski definition) is 4. The van der Waals surface area contributed by atoms with Crippen LogP contribution in [0.3, 0.4) is 0 Å². The number of hydrogen-bond donors (Lipinski definition) is 3. The van der Waals surface area contributed by atoms with Gasteiger partial charge < -0.3 is 20.9 Å². The highest BCUT2D eigenvalue weighted by molar-refractivity contribution is 5.97. The molecule has 0 atom stereocenters. The van der Waals surface area contributed by atoms with Crippen molar-refractivity contribution in [2.45, 2.75) is 25.7 Å². The molecule has 3 N–H and O–H groups in total. The van der Waals surface area contributed by atoms with Crippen molar-refractivity contribution in [2.24, 2.45) is 0 Å². The minimum Gasteiger partial charge on any atom is -0.376 e. The Hall–Kier alpha value is -3.35. The van der Waals surface area contributed by atoms with E-state index in [0.29, 0.717) is 16.8 Å². The quantitative estimate of drug-likeness (QED) is 0.685. The van der Waals surface area contributed by atoms with Crippen molar-refractivity contribution >= 4 is 29.1 Å². The van der Waals surface area contributed by atoms with E-state index in [9.17, 15) is 14.4 Å². The molecule has 158 valence electrons. The number of nitrogens with one attached hydrogen (secondary N) is 3. The third-order valence-electron chi connectivity index (χ3n) is 5.14. The number of nitrogens with zero attached hydrogens (tertiary/aromatic N) is 1. The Morgan fingerprint density at radius 3 is 1.97 bits per heavy atom. The van der Waals surface area contributed by atoms with Gasteiger partial charge in [-0.1, -0.05) is 12.8 Å². The summed E-state index contributed by atoms with van der Waals surface area (Å²) in [5.41, 5.74) is 2.59. The Labute approximate surface area is 176 Å². The van der Waals surface area contributed by atoms with Gasteiger partial charge in [-0.3, -0.25) is 14.4 Å². The molecule has 1 saturated heterocycles. The third kappa shape index (κ3) is 5.83. The van der Waals surface area contributed by atoms with Crippen molar-refractivity contribution in [1.82, 2.24) is 10.2 Å². The minimum absolute atomic E-state index is 0.0524. The molecule has 30 heavy (non-hydrogen) atoms. The van der Waals surface area contributed by atoms with E-state index in [4.69, 9.17) is 0 Å². The summed E-state index contributed by atoms with van der Waals surface area (Å²) in [5, 5.41) is 8.40. The molecule has 2 aromatic carbocycles. The lowest BCUT2D eigenvalue weighted by Crippen LogP contribution is -2.31. The molecule has 1 aliphatic heterocycles. The summed E-state index contributed by atoms with van der Waals surface area (Å²) in [7, 11) is 1.58. The monoisotopic (exact) mass is 408 g/mol. The highest BCUT2D eigenvalue weighted by Crippen LogP contribution is 2.16. The number of amides is 3. The van der Waals surface area contributed by atoms with Gasteiger partial charge in [-0.25, -0.2) is 0 Å². The van der Waals surface area contributed by atoms with Gasteiger partial charge >= 0.3 is 0 Å². The molecule has 1 heterocycles. The Morgan fingerprint density at radius 2 is 1.37 bits per heavy atom. The number of likely N-dealkylation sites (tertiary alicyclic amines) is 1. The van der Waals surface area contributed by atoms with Crippen molar-refractivity contribution in [2.75, 3.05) is 37.3 Å². The first-order valence-corrected chi connectivity index (χ1v) is 10.3. The van der Waals surface area contributed by atoms with E-state index in [1.54, 1.807) is 55.6 Å². The van der Waals surface area contributed by atoms with Gasteiger partial charge in [0.2, 0.25) is 5.91 Å². The summed E-state index contributed by atoms with van der Waals surface area (Å²) >= 11 is 0. The van der Waals surface area contributed by atoms with Crippen LogP contribution < -0.4 is 16.0 Å². The second kappa shape index (κ2) is 10.4. The van der Waals surface area contributed by atoms with Crippen molar-refractivity contribution in [3.05, 3.63) is 59.7 Å². The Balaban J connectivity index is 1.49. The molecular weight excluding hydrogens is 380 g/mol. The number of anilines is 2. The zero-order valence-electron chi connectivity index (χ0n) is 17.2. The maximum atomic E-state index is 12.6. The third-order valence-corrected chi connectivity index (χ3v) is 5.14. The van der Waals surface area contributed by atoms with Crippen molar-refractivity contribution in [3.8, 4) is 0 Å². The molecule has 7 nitrogen and oxygen atoms in total. The molecule has 0 aromatic heterocycles. The molecule has 0 spiro atoms. The van der Waals surface area contributed by atoms with Gasteiger partial charge in [-0.2, -0.15) is 0 Å². The topological polar surface area (TPSA) is 90.5 Å². The molecule has 0 bridgehead atoms. The summed E-state index contributed by atoms with van der Waals surface area (Å²) in [6.07, 6.45) is 4.48. The first kappa shape index (κ1) is 21.4. The lowest BCUT2D eigenvalue weighted by atomic mass is 10.1. The van der Waals surface area contributed by atoms with Crippen LogP contribution in [0.2, 0.25) is 0 Å². The largest absolute Gasteiger partial charge is 0.376 e. The summed E-state index contributed by atoms with van der Waals surface area (Å²) in [6.45, 7) is 1.72. The first-order valence-electron chi connectivity index (χ1n) is 10.3. The van der Waals surface area contributed by atoms with Crippen LogP contribution in [0.25, 0.3) is 0 Å². The van der Waals surface area contributed by atoms with Gasteiger partial charge in [0.1, 0.15) is 0 Å². The Morgan fingerprint density at radius 1 is 0.800 bits per heavy atom. The van der Waals surface area contributed by atoms with Crippen LogP contribution in [-0.4, -0.2) is 49.3 Å². The molecule has 0 unspecified atom stereocenters. The van der Waals surface area contributed by atoms with Gasteiger partial charge in [-0.15, -0.1) is 0 Å². The highest BCUT2D eigenvalue weighted by atomic mass is 16.2.